The minimum atomic E-state index is -4.59. The summed E-state index contributed by atoms with van der Waals surface area (Å²) in [7, 11) is -4.59. The highest BCUT2D eigenvalue weighted by Gasteiger charge is 2.26. The van der Waals surface area contributed by atoms with Gasteiger partial charge in [0.05, 0.1) is 11.3 Å². The van der Waals surface area contributed by atoms with Gasteiger partial charge in [-0.05, 0) is 49.5 Å². The fourth-order valence-corrected chi connectivity index (χ4v) is 3.23. The first-order chi connectivity index (χ1) is 10.9. The zero-order valence-corrected chi connectivity index (χ0v) is 13.4. The minimum absolute atomic E-state index is 0.0924. The molecule has 2 rings (SSSR count). The lowest BCUT2D eigenvalue weighted by Crippen LogP contribution is -2.38. The Kier molecular flexibility index (Phi) is 6.06. The Balaban J connectivity index is 1.86. The van der Waals surface area contributed by atoms with Crippen molar-refractivity contribution in [2.45, 2.75) is 29.9 Å². The van der Waals surface area contributed by atoms with Gasteiger partial charge in [0.1, 0.15) is 0 Å². The molecule has 0 aliphatic carbocycles. The number of piperidine rings is 1. The second-order valence-corrected chi connectivity index (χ2v) is 7.56. The molecule has 8 heteroatoms. The van der Waals surface area contributed by atoms with Gasteiger partial charge in [-0.1, -0.05) is 12.1 Å². The number of carbonyl (C=O) groups excluding carboxylic acids is 1. The van der Waals surface area contributed by atoms with E-state index in [4.69, 9.17) is 0 Å². The maximum Gasteiger partial charge on any atom is 0.341 e. The Hall–Kier alpha value is -1.54. The molecule has 5 nitrogen and oxygen atoms in total. The number of hydrogen-bond acceptors (Lipinski definition) is 4. The van der Waals surface area contributed by atoms with Crippen LogP contribution in [0.5, 0.6) is 0 Å². The largest absolute Gasteiger partial charge is 0.355 e. The van der Waals surface area contributed by atoms with Crippen LogP contribution in [0.2, 0.25) is 0 Å². The Labute approximate surface area is 134 Å². The molecule has 1 heterocycles. The van der Waals surface area contributed by atoms with Crippen LogP contribution in [0.15, 0.2) is 29.2 Å². The van der Waals surface area contributed by atoms with Gasteiger partial charge in [0, 0.05) is 6.54 Å². The van der Waals surface area contributed by atoms with Crippen LogP contribution in [0.25, 0.3) is 0 Å². The molecular formula is C15H20F2N2O3S. The quantitative estimate of drug-likeness (QED) is 0.815. The number of alkyl halides is 2. The molecule has 0 aromatic heterocycles. The molecule has 0 spiro atoms. The van der Waals surface area contributed by atoms with E-state index in [0.29, 0.717) is 18.0 Å². The predicted molar refractivity (Wildman–Crippen MR) is 81.9 cm³/mol. The molecular weight excluding hydrogens is 326 g/mol. The van der Waals surface area contributed by atoms with Crippen molar-refractivity contribution < 1.29 is 22.0 Å². The van der Waals surface area contributed by atoms with Crippen LogP contribution in [-0.4, -0.2) is 39.7 Å². The molecule has 1 aliphatic rings. The van der Waals surface area contributed by atoms with Crippen molar-refractivity contribution in [3.05, 3.63) is 29.8 Å². The number of halogens is 2. The van der Waals surface area contributed by atoms with Crippen molar-refractivity contribution in [3.63, 3.8) is 0 Å². The number of sulfone groups is 1. The first-order valence-corrected chi connectivity index (χ1v) is 9.02. The highest BCUT2D eigenvalue weighted by Crippen LogP contribution is 2.18. The van der Waals surface area contributed by atoms with E-state index in [1.54, 1.807) is 0 Å². The van der Waals surface area contributed by atoms with Crippen molar-refractivity contribution in [3.8, 4) is 0 Å². The molecule has 1 saturated heterocycles. The number of carbonyl (C=O) groups is 1. The van der Waals surface area contributed by atoms with Gasteiger partial charge in [0.25, 0.3) is 0 Å². The van der Waals surface area contributed by atoms with Gasteiger partial charge in [-0.25, -0.2) is 8.42 Å². The van der Waals surface area contributed by atoms with Crippen LogP contribution in [0.1, 0.15) is 18.4 Å². The van der Waals surface area contributed by atoms with Gasteiger partial charge < -0.3 is 10.6 Å². The average Bonchev–Trinajstić information content (AvgIpc) is 2.54. The van der Waals surface area contributed by atoms with Crippen LogP contribution in [0, 0.1) is 5.92 Å². The normalized spacial score (nSPS) is 18.8. The number of hydrogen-bond donors (Lipinski definition) is 2. The molecule has 23 heavy (non-hydrogen) atoms. The molecule has 1 fully saturated rings. The summed E-state index contributed by atoms with van der Waals surface area (Å²) in [5, 5.41) is 6.11. The standard InChI is InChI=1S/C15H20F2N2O3S/c16-15(17)23(21,22)13-5-3-11(4-6-13)8-14(20)19-10-12-2-1-7-18-9-12/h3-6,12,15,18H,1-2,7-10H2,(H,19,20). The van der Waals surface area contributed by atoms with Gasteiger partial charge in [-0.3, -0.25) is 4.79 Å². The van der Waals surface area contributed by atoms with Crippen molar-refractivity contribution in [1.29, 1.82) is 0 Å². The van der Waals surface area contributed by atoms with Crippen molar-refractivity contribution in [1.82, 2.24) is 10.6 Å². The fourth-order valence-electron chi connectivity index (χ4n) is 2.50. The van der Waals surface area contributed by atoms with Crippen molar-refractivity contribution in [2.75, 3.05) is 19.6 Å². The van der Waals surface area contributed by atoms with Crippen LogP contribution < -0.4 is 10.6 Å². The molecule has 1 aromatic carbocycles. The molecule has 0 bridgehead atoms. The minimum Gasteiger partial charge on any atom is -0.355 e. The molecule has 1 aromatic rings. The molecule has 0 saturated carbocycles. The summed E-state index contributed by atoms with van der Waals surface area (Å²) in [4.78, 5) is 11.4. The maximum atomic E-state index is 12.4. The lowest BCUT2D eigenvalue weighted by molar-refractivity contribution is -0.120. The van der Waals surface area contributed by atoms with Gasteiger partial charge in [0.2, 0.25) is 15.7 Å². The monoisotopic (exact) mass is 346 g/mol. The summed E-state index contributed by atoms with van der Waals surface area (Å²) in [6, 6.07) is 4.98. The summed E-state index contributed by atoms with van der Waals surface area (Å²) in [5.41, 5.74) is 0.581. The molecule has 1 aliphatic heterocycles. The second kappa shape index (κ2) is 7.83. The third-order valence-electron chi connectivity index (χ3n) is 3.84. The van der Waals surface area contributed by atoms with E-state index in [9.17, 15) is 22.0 Å². The second-order valence-electron chi connectivity index (χ2n) is 5.64. The SMILES string of the molecule is O=C(Cc1ccc(S(=O)(=O)C(F)F)cc1)NCC1CCCNC1. The molecule has 1 atom stereocenters. The summed E-state index contributed by atoms with van der Waals surface area (Å²) < 4.78 is 47.5. The molecule has 128 valence electrons. The van der Waals surface area contributed by atoms with E-state index in [2.05, 4.69) is 10.6 Å². The van der Waals surface area contributed by atoms with E-state index in [1.165, 1.54) is 12.1 Å². The molecule has 2 N–H and O–H groups in total. The zero-order chi connectivity index (χ0) is 16.9. The van der Waals surface area contributed by atoms with Gasteiger partial charge in [-0.2, -0.15) is 8.78 Å². The van der Waals surface area contributed by atoms with Crippen molar-refractivity contribution >= 4 is 15.7 Å². The fraction of sp³-hybridized carbons (Fsp3) is 0.533. The number of rotatable bonds is 6. The summed E-state index contributed by atoms with van der Waals surface area (Å²) in [5.74, 6) is -3.19. The lowest BCUT2D eigenvalue weighted by Gasteiger charge is -2.22. The van der Waals surface area contributed by atoms with E-state index < -0.39 is 20.5 Å². The van der Waals surface area contributed by atoms with E-state index in [1.807, 2.05) is 0 Å². The van der Waals surface area contributed by atoms with Crippen molar-refractivity contribution in [2.24, 2.45) is 5.92 Å². The predicted octanol–water partition coefficient (Wildman–Crippen LogP) is 1.34. The Bertz CT molecular complexity index is 627. The number of benzene rings is 1. The Morgan fingerprint density at radius 3 is 2.57 bits per heavy atom. The number of nitrogens with one attached hydrogen (secondary N) is 2. The third-order valence-corrected chi connectivity index (χ3v) is 5.24. The molecule has 0 radical (unpaired) electrons. The highest BCUT2D eigenvalue weighted by atomic mass is 32.2. The zero-order valence-electron chi connectivity index (χ0n) is 12.6. The Morgan fingerprint density at radius 1 is 1.30 bits per heavy atom. The van der Waals surface area contributed by atoms with Crippen LogP contribution >= 0.6 is 0 Å². The van der Waals surface area contributed by atoms with Gasteiger partial charge in [-0.15, -0.1) is 0 Å². The average molecular weight is 346 g/mol. The van der Waals surface area contributed by atoms with Crippen LogP contribution in [0.3, 0.4) is 0 Å². The van der Waals surface area contributed by atoms with E-state index in [0.717, 1.165) is 38.1 Å². The highest BCUT2D eigenvalue weighted by molar-refractivity contribution is 7.91. The lowest BCUT2D eigenvalue weighted by atomic mass is 10.00. The first-order valence-electron chi connectivity index (χ1n) is 7.48. The van der Waals surface area contributed by atoms with Crippen LogP contribution in [0.4, 0.5) is 8.78 Å². The maximum absolute atomic E-state index is 12.4. The Morgan fingerprint density at radius 2 is 2.00 bits per heavy atom. The molecule has 1 amide bonds. The van der Waals surface area contributed by atoms with Gasteiger partial charge in [0.15, 0.2) is 0 Å². The van der Waals surface area contributed by atoms with Crippen LogP contribution in [-0.2, 0) is 21.1 Å². The topological polar surface area (TPSA) is 75.3 Å². The van der Waals surface area contributed by atoms with E-state index in [-0.39, 0.29) is 12.3 Å². The summed E-state index contributed by atoms with van der Waals surface area (Å²) in [6.45, 7) is 2.50. The van der Waals surface area contributed by atoms with Gasteiger partial charge >= 0.3 is 5.76 Å². The summed E-state index contributed by atoms with van der Waals surface area (Å²) in [6.07, 6.45) is 2.27. The van der Waals surface area contributed by atoms with E-state index >= 15 is 0 Å². The molecule has 1 unspecified atom stereocenters. The smallest absolute Gasteiger partial charge is 0.341 e. The first kappa shape index (κ1) is 17.8. The third kappa shape index (κ3) is 4.97. The summed E-state index contributed by atoms with van der Waals surface area (Å²) >= 11 is 0. The number of amides is 1.